The molecule has 0 aliphatic carbocycles. The minimum Gasteiger partial charge on any atom is -0.387 e. The van der Waals surface area contributed by atoms with Crippen LogP contribution in [0.25, 0.3) is 0 Å². The summed E-state index contributed by atoms with van der Waals surface area (Å²) < 4.78 is 32.4. The van der Waals surface area contributed by atoms with E-state index in [0.29, 0.717) is 6.54 Å². The minimum atomic E-state index is -0.981. The highest BCUT2D eigenvalue weighted by molar-refractivity contribution is 5.21. The molecule has 0 amide bonds. The number of hydrogen-bond donors (Lipinski definition) is 1. The normalized spacial score (nSPS) is 23.1. The second-order valence-corrected chi connectivity index (χ2v) is 6.77. The molecule has 0 saturated carbocycles. The van der Waals surface area contributed by atoms with E-state index in [-0.39, 0.29) is 5.56 Å². The zero-order valence-electron chi connectivity index (χ0n) is 13.4. The fraction of sp³-hybridized carbons (Fsp3) is 0.667. The van der Waals surface area contributed by atoms with Crippen LogP contribution in [0.5, 0.6) is 0 Å². The maximum Gasteiger partial charge on any atom is 0.129 e. The summed E-state index contributed by atoms with van der Waals surface area (Å²) in [6, 6.07) is 3.24. The lowest BCUT2D eigenvalue weighted by Gasteiger charge is -2.38. The van der Waals surface area contributed by atoms with Gasteiger partial charge < -0.3 is 14.7 Å². The zero-order chi connectivity index (χ0) is 16.2. The van der Waals surface area contributed by atoms with Crippen LogP contribution < -0.4 is 0 Å². The van der Waals surface area contributed by atoms with E-state index in [9.17, 15) is 13.9 Å². The van der Waals surface area contributed by atoms with Gasteiger partial charge in [0.1, 0.15) is 11.6 Å². The van der Waals surface area contributed by atoms with Crippen LogP contribution in [0.3, 0.4) is 0 Å². The number of aliphatic hydroxyl groups excluding tert-OH is 1. The van der Waals surface area contributed by atoms with Gasteiger partial charge >= 0.3 is 0 Å². The van der Waals surface area contributed by atoms with Gasteiger partial charge in [0.25, 0.3) is 0 Å². The van der Waals surface area contributed by atoms with Gasteiger partial charge in [0.2, 0.25) is 0 Å². The lowest BCUT2D eigenvalue weighted by Crippen LogP contribution is -2.39. The summed E-state index contributed by atoms with van der Waals surface area (Å²) in [6.07, 6.45) is 3.56. The van der Waals surface area contributed by atoms with Crippen molar-refractivity contribution < 1.29 is 18.6 Å². The average Bonchev–Trinajstić information content (AvgIpc) is 2.58. The molecule has 1 N–H and O–H groups in total. The van der Waals surface area contributed by atoms with Crippen molar-refractivity contribution in [2.75, 3.05) is 32.8 Å². The number of aliphatic hydroxyl groups is 1. The fourth-order valence-electron chi connectivity index (χ4n) is 3.91. The Morgan fingerprint density at radius 3 is 2.43 bits per heavy atom. The lowest BCUT2D eigenvalue weighted by atomic mass is 9.80. The molecular formula is C18H25F2NO2. The largest absolute Gasteiger partial charge is 0.387 e. The Bertz CT molecular complexity index is 512. The number of piperidine rings is 1. The molecule has 128 valence electrons. The van der Waals surface area contributed by atoms with Gasteiger partial charge in [0.15, 0.2) is 0 Å². The summed E-state index contributed by atoms with van der Waals surface area (Å²) in [7, 11) is 0. The van der Waals surface area contributed by atoms with Crippen LogP contribution in [0, 0.1) is 23.5 Å². The topological polar surface area (TPSA) is 32.7 Å². The summed E-state index contributed by atoms with van der Waals surface area (Å²) >= 11 is 0. The number of halogens is 2. The second-order valence-electron chi connectivity index (χ2n) is 6.77. The third-order valence-corrected chi connectivity index (χ3v) is 5.31. The molecule has 2 heterocycles. The Labute approximate surface area is 136 Å². The molecule has 2 saturated heterocycles. The Hall–Kier alpha value is -1.04. The molecule has 0 radical (unpaired) electrons. The molecule has 5 heteroatoms. The summed E-state index contributed by atoms with van der Waals surface area (Å²) in [4.78, 5) is 2.16. The van der Waals surface area contributed by atoms with Gasteiger partial charge in [-0.15, -0.1) is 0 Å². The molecule has 23 heavy (non-hydrogen) atoms. The average molecular weight is 325 g/mol. The van der Waals surface area contributed by atoms with E-state index >= 15 is 0 Å². The predicted molar refractivity (Wildman–Crippen MR) is 84.0 cm³/mol. The SMILES string of the molecule is OC(CN1CCC(C2CCOCC2)CC1)c1cc(F)ccc1F. The summed E-state index contributed by atoms with van der Waals surface area (Å²) in [5, 5.41) is 10.2. The number of ether oxygens (including phenoxy) is 1. The van der Waals surface area contributed by atoms with Crippen LogP contribution in [-0.2, 0) is 4.74 Å². The van der Waals surface area contributed by atoms with Gasteiger partial charge in [-0.05, 0) is 68.8 Å². The first-order valence-corrected chi connectivity index (χ1v) is 8.56. The minimum absolute atomic E-state index is 0.0524. The van der Waals surface area contributed by atoms with Crippen molar-refractivity contribution in [3.05, 3.63) is 35.4 Å². The Morgan fingerprint density at radius 2 is 1.74 bits per heavy atom. The van der Waals surface area contributed by atoms with Crippen LogP contribution in [0.15, 0.2) is 18.2 Å². The van der Waals surface area contributed by atoms with Crippen LogP contribution in [-0.4, -0.2) is 42.9 Å². The third-order valence-electron chi connectivity index (χ3n) is 5.31. The fourth-order valence-corrected chi connectivity index (χ4v) is 3.91. The van der Waals surface area contributed by atoms with Gasteiger partial charge in [-0.1, -0.05) is 0 Å². The molecule has 1 unspecified atom stereocenters. The number of rotatable bonds is 4. The van der Waals surface area contributed by atoms with Crippen molar-refractivity contribution >= 4 is 0 Å². The number of benzene rings is 1. The van der Waals surface area contributed by atoms with E-state index in [2.05, 4.69) is 4.90 Å². The highest BCUT2D eigenvalue weighted by atomic mass is 19.1. The third kappa shape index (κ3) is 4.28. The zero-order valence-corrected chi connectivity index (χ0v) is 13.4. The molecule has 3 rings (SSSR count). The Morgan fingerprint density at radius 1 is 1.09 bits per heavy atom. The second kappa shape index (κ2) is 7.69. The Balaban J connectivity index is 1.51. The van der Waals surface area contributed by atoms with E-state index in [1.54, 1.807) is 0 Å². The molecule has 1 aromatic carbocycles. The van der Waals surface area contributed by atoms with Gasteiger partial charge in [0, 0.05) is 25.3 Å². The molecule has 3 nitrogen and oxygen atoms in total. The summed E-state index contributed by atoms with van der Waals surface area (Å²) in [6.45, 7) is 3.94. The van der Waals surface area contributed by atoms with Crippen LogP contribution in [0.1, 0.15) is 37.4 Å². The Kier molecular flexibility index (Phi) is 5.62. The lowest BCUT2D eigenvalue weighted by molar-refractivity contribution is 0.0233. The van der Waals surface area contributed by atoms with Crippen molar-refractivity contribution in [3.8, 4) is 0 Å². The van der Waals surface area contributed by atoms with Crippen LogP contribution in [0.2, 0.25) is 0 Å². The molecule has 2 aliphatic rings. The number of likely N-dealkylation sites (tertiary alicyclic amines) is 1. The van der Waals surface area contributed by atoms with E-state index in [1.807, 2.05) is 0 Å². The van der Waals surface area contributed by atoms with Crippen molar-refractivity contribution in [3.63, 3.8) is 0 Å². The number of nitrogens with zero attached hydrogens (tertiary/aromatic N) is 1. The van der Waals surface area contributed by atoms with Gasteiger partial charge in [-0.2, -0.15) is 0 Å². The van der Waals surface area contributed by atoms with Gasteiger partial charge in [-0.25, -0.2) is 8.78 Å². The highest BCUT2D eigenvalue weighted by Crippen LogP contribution is 2.32. The van der Waals surface area contributed by atoms with Gasteiger partial charge in [0.05, 0.1) is 6.10 Å². The number of hydrogen-bond acceptors (Lipinski definition) is 3. The maximum atomic E-state index is 13.7. The van der Waals surface area contributed by atoms with Gasteiger partial charge in [-0.3, -0.25) is 0 Å². The van der Waals surface area contributed by atoms with Crippen LogP contribution in [0.4, 0.5) is 8.78 Å². The molecular weight excluding hydrogens is 300 g/mol. The smallest absolute Gasteiger partial charge is 0.129 e. The van der Waals surface area contributed by atoms with Crippen molar-refractivity contribution in [1.29, 1.82) is 0 Å². The molecule has 0 spiro atoms. The van der Waals surface area contributed by atoms with Crippen molar-refractivity contribution in [1.82, 2.24) is 4.90 Å². The van der Waals surface area contributed by atoms with E-state index in [1.165, 1.54) is 0 Å². The molecule has 2 fully saturated rings. The quantitative estimate of drug-likeness (QED) is 0.923. The highest BCUT2D eigenvalue weighted by Gasteiger charge is 2.29. The van der Waals surface area contributed by atoms with E-state index in [0.717, 1.165) is 82.0 Å². The monoisotopic (exact) mass is 325 g/mol. The van der Waals surface area contributed by atoms with Crippen molar-refractivity contribution in [2.45, 2.75) is 31.8 Å². The molecule has 2 aliphatic heterocycles. The first-order valence-electron chi connectivity index (χ1n) is 8.56. The molecule has 1 atom stereocenters. The van der Waals surface area contributed by atoms with E-state index < -0.39 is 17.7 Å². The summed E-state index contributed by atoms with van der Waals surface area (Å²) in [5.74, 6) is 0.435. The summed E-state index contributed by atoms with van der Waals surface area (Å²) in [5.41, 5.74) is 0.0524. The standard InChI is InChI=1S/C18H25F2NO2/c19-15-1-2-17(20)16(11-15)18(22)12-21-7-3-13(4-8-21)14-5-9-23-10-6-14/h1-2,11,13-14,18,22H,3-10,12H2. The number of β-amino-alcohol motifs (C(OH)–C–C–N with tert-alkyl or cyclic N) is 1. The molecule has 0 aromatic heterocycles. The predicted octanol–water partition coefficient (Wildman–Crippen LogP) is 3.14. The molecule has 0 bridgehead atoms. The van der Waals surface area contributed by atoms with Crippen LogP contribution >= 0.6 is 0 Å². The van der Waals surface area contributed by atoms with E-state index in [4.69, 9.17) is 4.74 Å². The first-order chi connectivity index (χ1) is 11.1. The molecule has 1 aromatic rings. The first kappa shape index (κ1) is 16.8. The van der Waals surface area contributed by atoms with Crippen molar-refractivity contribution in [2.24, 2.45) is 11.8 Å². The maximum absolute atomic E-state index is 13.7.